The summed E-state index contributed by atoms with van der Waals surface area (Å²) in [6.07, 6.45) is 1.96. The molecule has 0 saturated carbocycles. The molecule has 1 aliphatic heterocycles. The van der Waals surface area contributed by atoms with E-state index in [2.05, 4.69) is 20.9 Å². The molecule has 178 valence electrons. The van der Waals surface area contributed by atoms with Crippen molar-refractivity contribution in [2.75, 3.05) is 27.2 Å². The third kappa shape index (κ3) is 6.44. The molecule has 33 heavy (non-hydrogen) atoms. The second-order valence-electron chi connectivity index (χ2n) is 8.99. The number of likely N-dealkylation sites (tertiary alicyclic amines) is 1. The van der Waals surface area contributed by atoms with Gasteiger partial charge >= 0.3 is 0 Å². The van der Waals surface area contributed by atoms with E-state index in [1.807, 2.05) is 45.2 Å². The highest BCUT2D eigenvalue weighted by atomic mass is 16.4. The summed E-state index contributed by atoms with van der Waals surface area (Å²) in [5.74, 6) is 0.0404. The minimum absolute atomic E-state index is 0.0301. The largest absolute Gasteiger partial charge is 0.451 e. The molecule has 1 unspecified atom stereocenters. The summed E-state index contributed by atoms with van der Waals surface area (Å²) in [6.45, 7) is 6.00. The standard InChI is InChI=1S/C25H34N4O4/c1-16(2)22(25(32)26-3)28-24(31)21-11-10-20(33-21)18-8-5-7-17(13-18)14-27-23(30)19-9-6-12-29(4)15-19/h5,7-8,10-11,13,16,19,22H,6,9,12,14-15H2,1-4H3,(H,26,32)(H,27,30)(H,28,31)/t19?,22-/m0/s1. The number of nitrogens with zero attached hydrogens (tertiary/aromatic N) is 1. The van der Waals surface area contributed by atoms with Crippen LogP contribution in [0.1, 0.15) is 42.8 Å². The minimum atomic E-state index is -0.646. The van der Waals surface area contributed by atoms with Gasteiger partial charge in [-0.25, -0.2) is 0 Å². The Morgan fingerprint density at radius 1 is 1.18 bits per heavy atom. The number of furan rings is 1. The van der Waals surface area contributed by atoms with Crippen molar-refractivity contribution in [3.63, 3.8) is 0 Å². The monoisotopic (exact) mass is 454 g/mol. The molecule has 0 bridgehead atoms. The van der Waals surface area contributed by atoms with Crippen LogP contribution in [0.5, 0.6) is 0 Å². The lowest BCUT2D eigenvalue weighted by atomic mass is 9.97. The van der Waals surface area contributed by atoms with Crippen molar-refractivity contribution >= 4 is 17.7 Å². The maximum atomic E-state index is 12.6. The van der Waals surface area contributed by atoms with Crippen LogP contribution in [0.15, 0.2) is 40.8 Å². The molecule has 8 heteroatoms. The van der Waals surface area contributed by atoms with E-state index >= 15 is 0 Å². The van der Waals surface area contributed by atoms with E-state index in [9.17, 15) is 14.4 Å². The van der Waals surface area contributed by atoms with Gasteiger partial charge in [-0.15, -0.1) is 0 Å². The van der Waals surface area contributed by atoms with Crippen LogP contribution in [-0.2, 0) is 16.1 Å². The zero-order chi connectivity index (χ0) is 24.0. The van der Waals surface area contributed by atoms with Crippen LogP contribution in [0.25, 0.3) is 11.3 Å². The first-order chi connectivity index (χ1) is 15.8. The number of benzene rings is 1. The second-order valence-corrected chi connectivity index (χ2v) is 8.99. The first-order valence-electron chi connectivity index (χ1n) is 11.5. The summed E-state index contributed by atoms with van der Waals surface area (Å²) in [7, 11) is 3.58. The Balaban J connectivity index is 1.63. The number of amides is 3. The van der Waals surface area contributed by atoms with Crippen molar-refractivity contribution in [2.45, 2.75) is 39.3 Å². The summed E-state index contributed by atoms with van der Waals surface area (Å²) in [5.41, 5.74) is 1.76. The van der Waals surface area contributed by atoms with Gasteiger partial charge in [-0.1, -0.05) is 32.0 Å². The molecule has 1 aromatic carbocycles. The highest BCUT2D eigenvalue weighted by Crippen LogP contribution is 2.24. The van der Waals surface area contributed by atoms with Crippen LogP contribution in [0.2, 0.25) is 0 Å². The van der Waals surface area contributed by atoms with Gasteiger partial charge in [-0.2, -0.15) is 0 Å². The van der Waals surface area contributed by atoms with Crippen LogP contribution in [0, 0.1) is 11.8 Å². The zero-order valence-electron chi connectivity index (χ0n) is 19.8. The number of piperidine rings is 1. The van der Waals surface area contributed by atoms with E-state index in [4.69, 9.17) is 4.42 Å². The Morgan fingerprint density at radius 2 is 1.97 bits per heavy atom. The average Bonchev–Trinajstić information content (AvgIpc) is 3.31. The lowest BCUT2D eigenvalue weighted by Crippen LogP contribution is -2.48. The van der Waals surface area contributed by atoms with Crippen molar-refractivity contribution in [1.82, 2.24) is 20.9 Å². The third-order valence-electron chi connectivity index (χ3n) is 5.99. The van der Waals surface area contributed by atoms with Gasteiger partial charge in [-0.3, -0.25) is 14.4 Å². The van der Waals surface area contributed by atoms with Crippen molar-refractivity contribution in [1.29, 1.82) is 0 Å². The number of hydrogen-bond donors (Lipinski definition) is 3. The highest BCUT2D eigenvalue weighted by Gasteiger charge is 2.25. The Morgan fingerprint density at radius 3 is 2.67 bits per heavy atom. The van der Waals surface area contributed by atoms with Gasteiger partial charge in [-0.05, 0) is 56.1 Å². The molecule has 1 fully saturated rings. The summed E-state index contributed by atoms with van der Waals surface area (Å²) >= 11 is 0. The van der Waals surface area contributed by atoms with Crippen molar-refractivity contribution in [3.05, 3.63) is 47.7 Å². The minimum Gasteiger partial charge on any atom is -0.451 e. The molecule has 1 saturated heterocycles. The Kier molecular flexibility index (Phi) is 8.27. The Bertz CT molecular complexity index is 984. The van der Waals surface area contributed by atoms with Gasteiger partial charge in [0.15, 0.2) is 5.76 Å². The van der Waals surface area contributed by atoms with Gasteiger partial charge < -0.3 is 25.3 Å². The zero-order valence-corrected chi connectivity index (χ0v) is 19.8. The molecular weight excluding hydrogens is 420 g/mol. The maximum Gasteiger partial charge on any atom is 0.287 e. The molecular formula is C25H34N4O4. The van der Waals surface area contributed by atoms with Crippen molar-refractivity contribution in [2.24, 2.45) is 11.8 Å². The van der Waals surface area contributed by atoms with Gasteiger partial charge in [0.2, 0.25) is 11.8 Å². The van der Waals surface area contributed by atoms with Gasteiger partial charge in [0, 0.05) is 25.7 Å². The van der Waals surface area contributed by atoms with Gasteiger partial charge in [0.25, 0.3) is 5.91 Å². The number of carbonyl (C=O) groups excluding carboxylic acids is 3. The number of rotatable bonds is 8. The molecule has 3 rings (SSSR count). The molecule has 0 spiro atoms. The van der Waals surface area contributed by atoms with E-state index in [1.165, 1.54) is 7.05 Å². The van der Waals surface area contributed by atoms with Crippen LogP contribution in [-0.4, -0.2) is 55.8 Å². The molecule has 3 amide bonds. The number of carbonyl (C=O) groups is 3. The highest BCUT2D eigenvalue weighted by molar-refractivity contribution is 5.96. The fourth-order valence-corrected chi connectivity index (χ4v) is 4.07. The van der Waals surface area contributed by atoms with Crippen LogP contribution in [0.4, 0.5) is 0 Å². The molecule has 0 aliphatic carbocycles. The number of likely N-dealkylation sites (N-methyl/N-ethyl adjacent to an activating group) is 1. The summed E-state index contributed by atoms with van der Waals surface area (Å²) in [4.78, 5) is 39.3. The van der Waals surface area contributed by atoms with E-state index in [0.717, 1.165) is 37.1 Å². The van der Waals surface area contributed by atoms with Crippen molar-refractivity contribution in [3.8, 4) is 11.3 Å². The smallest absolute Gasteiger partial charge is 0.287 e. The quantitative estimate of drug-likeness (QED) is 0.568. The number of hydrogen-bond acceptors (Lipinski definition) is 5. The summed E-state index contributed by atoms with van der Waals surface area (Å²) < 4.78 is 5.78. The predicted octanol–water partition coefficient (Wildman–Crippen LogP) is 2.41. The first kappa shape index (κ1) is 24.5. The molecule has 2 atom stereocenters. The van der Waals surface area contributed by atoms with Crippen LogP contribution in [0.3, 0.4) is 0 Å². The third-order valence-corrected chi connectivity index (χ3v) is 5.99. The number of nitrogens with one attached hydrogen (secondary N) is 3. The SMILES string of the molecule is CNC(=O)[C@@H](NC(=O)c1ccc(-c2cccc(CNC(=O)C3CCCN(C)C3)c2)o1)C(C)C. The van der Waals surface area contributed by atoms with Crippen LogP contribution < -0.4 is 16.0 Å². The van der Waals surface area contributed by atoms with Crippen molar-refractivity contribution < 1.29 is 18.8 Å². The lowest BCUT2D eigenvalue weighted by molar-refractivity contribution is -0.126. The first-order valence-corrected chi connectivity index (χ1v) is 11.5. The molecule has 0 radical (unpaired) electrons. The summed E-state index contributed by atoms with van der Waals surface area (Å²) in [5, 5.41) is 8.34. The average molecular weight is 455 g/mol. The molecule has 8 nitrogen and oxygen atoms in total. The van der Waals surface area contributed by atoms with E-state index in [-0.39, 0.29) is 29.4 Å². The van der Waals surface area contributed by atoms with Gasteiger partial charge in [0.05, 0.1) is 5.92 Å². The predicted molar refractivity (Wildman–Crippen MR) is 126 cm³/mol. The Labute approximate surface area is 195 Å². The fraction of sp³-hybridized carbons (Fsp3) is 0.480. The topological polar surface area (TPSA) is 104 Å². The molecule has 1 aromatic heterocycles. The second kappa shape index (κ2) is 11.1. The maximum absolute atomic E-state index is 12.6. The summed E-state index contributed by atoms with van der Waals surface area (Å²) in [6, 6.07) is 10.4. The fourth-order valence-electron chi connectivity index (χ4n) is 4.07. The molecule has 2 heterocycles. The Hall–Kier alpha value is -3.13. The molecule has 1 aliphatic rings. The van der Waals surface area contributed by atoms with E-state index < -0.39 is 11.9 Å². The van der Waals surface area contributed by atoms with Gasteiger partial charge in [0.1, 0.15) is 11.8 Å². The van der Waals surface area contributed by atoms with Crippen LogP contribution >= 0.6 is 0 Å². The van der Waals surface area contributed by atoms with E-state index in [1.54, 1.807) is 12.1 Å². The molecule has 2 aromatic rings. The van der Waals surface area contributed by atoms with E-state index in [0.29, 0.717) is 12.3 Å². The lowest BCUT2D eigenvalue weighted by Gasteiger charge is -2.28. The normalized spacial score (nSPS) is 17.4. The molecule has 3 N–H and O–H groups in total.